The molecule has 0 unspecified atom stereocenters. The molecule has 0 fully saturated rings. The second-order valence-electron chi connectivity index (χ2n) is 4.60. The van der Waals surface area contributed by atoms with Crippen LogP contribution in [0.3, 0.4) is 0 Å². The summed E-state index contributed by atoms with van der Waals surface area (Å²) in [5.74, 6) is 1.25. The lowest BCUT2D eigenvalue weighted by Crippen LogP contribution is -1.93. The van der Waals surface area contributed by atoms with Crippen LogP contribution in [0.25, 0.3) is 22.1 Å². The van der Waals surface area contributed by atoms with Crippen molar-refractivity contribution in [3.63, 3.8) is 0 Å². The predicted octanol–water partition coefficient (Wildman–Crippen LogP) is 5.04. The van der Waals surface area contributed by atoms with Crippen LogP contribution in [-0.2, 0) is 0 Å². The highest BCUT2D eigenvalue weighted by molar-refractivity contribution is 6.29. The van der Waals surface area contributed by atoms with Gasteiger partial charge in [0.1, 0.15) is 10.9 Å². The Morgan fingerprint density at radius 1 is 0.875 bits per heavy atom. The van der Waals surface area contributed by atoms with Gasteiger partial charge in [-0.05, 0) is 24.3 Å². The highest BCUT2D eigenvalue weighted by Gasteiger charge is 2.10. The SMILES string of the molecule is CC.Clc1cnc2nccc(Oc3cccc4ncccc34)c2n1. The molecule has 0 aliphatic rings. The molecule has 120 valence electrons. The zero-order chi connectivity index (χ0) is 16.9. The highest BCUT2D eigenvalue weighted by atomic mass is 35.5. The Morgan fingerprint density at radius 3 is 2.62 bits per heavy atom. The van der Waals surface area contributed by atoms with Crippen molar-refractivity contribution in [2.75, 3.05) is 0 Å². The van der Waals surface area contributed by atoms with Crippen LogP contribution in [0.4, 0.5) is 0 Å². The van der Waals surface area contributed by atoms with E-state index in [2.05, 4.69) is 19.9 Å². The number of fused-ring (bicyclic) bond motifs is 2. The first-order valence-corrected chi connectivity index (χ1v) is 7.98. The van der Waals surface area contributed by atoms with Gasteiger partial charge >= 0.3 is 0 Å². The van der Waals surface area contributed by atoms with Gasteiger partial charge in [-0.3, -0.25) is 4.98 Å². The van der Waals surface area contributed by atoms with Gasteiger partial charge in [0.2, 0.25) is 0 Å². The molecule has 0 N–H and O–H groups in total. The number of nitrogens with zero attached hydrogens (tertiary/aromatic N) is 4. The van der Waals surface area contributed by atoms with E-state index >= 15 is 0 Å². The van der Waals surface area contributed by atoms with Gasteiger partial charge in [0.15, 0.2) is 16.9 Å². The lowest BCUT2D eigenvalue weighted by molar-refractivity contribution is 0.492. The van der Waals surface area contributed by atoms with Gasteiger partial charge in [0.25, 0.3) is 0 Å². The highest BCUT2D eigenvalue weighted by Crippen LogP contribution is 2.31. The summed E-state index contributed by atoms with van der Waals surface area (Å²) in [6.07, 6.45) is 4.84. The lowest BCUT2D eigenvalue weighted by atomic mass is 10.2. The number of aromatic nitrogens is 4. The van der Waals surface area contributed by atoms with E-state index in [0.29, 0.717) is 27.8 Å². The number of ether oxygens (including phenoxy) is 1. The molecule has 0 amide bonds. The molecule has 0 aliphatic carbocycles. The topological polar surface area (TPSA) is 60.8 Å². The van der Waals surface area contributed by atoms with Crippen molar-refractivity contribution in [2.24, 2.45) is 0 Å². The third-order valence-corrected chi connectivity index (χ3v) is 3.39. The molecule has 0 spiro atoms. The third kappa shape index (κ3) is 3.12. The van der Waals surface area contributed by atoms with Crippen LogP contribution >= 0.6 is 11.6 Å². The molecule has 0 saturated heterocycles. The number of benzene rings is 1. The average molecular weight is 339 g/mol. The van der Waals surface area contributed by atoms with E-state index in [1.165, 1.54) is 6.20 Å². The number of pyridine rings is 2. The van der Waals surface area contributed by atoms with E-state index in [0.717, 1.165) is 10.9 Å². The largest absolute Gasteiger partial charge is 0.454 e. The van der Waals surface area contributed by atoms with Crippen LogP contribution in [0.2, 0.25) is 5.15 Å². The van der Waals surface area contributed by atoms with Crippen LogP contribution < -0.4 is 4.74 Å². The summed E-state index contributed by atoms with van der Waals surface area (Å²) in [5, 5.41) is 1.22. The molecule has 3 heterocycles. The van der Waals surface area contributed by atoms with E-state index < -0.39 is 0 Å². The van der Waals surface area contributed by atoms with Crippen molar-refractivity contribution in [1.82, 2.24) is 19.9 Å². The smallest absolute Gasteiger partial charge is 0.182 e. The van der Waals surface area contributed by atoms with Crippen molar-refractivity contribution in [3.8, 4) is 11.5 Å². The Labute approximate surface area is 144 Å². The van der Waals surface area contributed by atoms with Gasteiger partial charge in [-0.25, -0.2) is 15.0 Å². The zero-order valence-electron chi connectivity index (χ0n) is 13.3. The Morgan fingerprint density at radius 2 is 1.75 bits per heavy atom. The summed E-state index contributed by atoms with van der Waals surface area (Å²) in [7, 11) is 0. The molecule has 0 radical (unpaired) electrons. The van der Waals surface area contributed by atoms with Crippen LogP contribution in [0.5, 0.6) is 11.5 Å². The van der Waals surface area contributed by atoms with Crippen LogP contribution in [0, 0.1) is 0 Å². The number of halogens is 1. The van der Waals surface area contributed by atoms with Crippen molar-refractivity contribution in [3.05, 3.63) is 60.1 Å². The van der Waals surface area contributed by atoms with E-state index in [1.54, 1.807) is 18.5 Å². The fourth-order valence-corrected chi connectivity index (χ4v) is 2.37. The van der Waals surface area contributed by atoms with Gasteiger partial charge in [-0.15, -0.1) is 0 Å². The Balaban J connectivity index is 0.000000815. The predicted molar refractivity (Wildman–Crippen MR) is 95.5 cm³/mol. The standard InChI is InChI=1S/C16H9ClN4O.C2H6/c17-14-9-20-16-15(21-14)13(6-8-19-16)22-12-5-1-4-11-10(12)3-2-7-18-11;1-2/h1-9H;1-2H3. The van der Waals surface area contributed by atoms with Gasteiger partial charge in [-0.2, -0.15) is 0 Å². The minimum absolute atomic E-state index is 0.296. The average Bonchev–Trinajstić information content (AvgIpc) is 2.64. The molecular weight excluding hydrogens is 324 g/mol. The fraction of sp³-hybridized carbons (Fsp3) is 0.111. The first-order chi connectivity index (χ1) is 11.8. The van der Waals surface area contributed by atoms with Gasteiger partial charge in [0.05, 0.1) is 11.7 Å². The Hall–Kier alpha value is -2.79. The maximum atomic E-state index is 6.02. The van der Waals surface area contributed by atoms with Crippen LogP contribution in [0.1, 0.15) is 13.8 Å². The van der Waals surface area contributed by atoms with Gasteiger partial charge in [-0.1, -0.05) is 31.5 Å². The number of hydrogen-bond donors (Lipinski definition) is 0. The second kappa shape index (κ2) is 7.19. The molecular formula is C18H15ClN4O. The first-order valence-electron chi connectivity index (χ1n) is 7.60. The molecule has 4 rings (SSSR count). The van der Waals surface area contributed by atoms with Gasteiger partial charge < -0.3 is 4.74 Å². The summed E-state index contributed by atoms with van der Waals surface area (Å²) in [5.41, 5.74) is 1.87. The van der Waals surface area contributed by atoms with E-state index in [4.69, 9.17) is 16.3 Å². The molecule has 5 nitrogen and oxygen atoms in total. The van der Waals surface area contributed by atoms with E-state index in [9.17, 15) is 0 Å². The number of hydrogen-bond acceptors (Lipinski definition) is 5. The molecule has 0 saturated carbocycles. The van der Waals surface area contributed by atoms with Crippen molar-refractivity contribution in [1.29, 1.82) is 0 Å². The minimum atomic E-state index is 0.296. The third-order valence-electron chi connectivity index (χ3n) is 3.21. The second-order valence-corrected chi connectivity index (χ2v) is 4.99. The van der Waals surface area contributed by atoms with Crippen LogP contribution in [0.15, 0.2) is 55.0 Å². The first kappa shape index (κ1) is 16.1. The molecule has 24 heavy (non-hydrogen) atoms. The fourth-order valence-electron chi connectivity index (χ4n) is 2.24. The van der Waals surface area contributed by atoms with E-state index in [1.807, 2.05) is 44.2 Å². The Kier molecular flexibility index (Phi) is 4.82. The number of rotatable bonds is 2. The minimum Gasteiger partial charge on any atom is -0.454 e. The zero-order valence-corrected chi connectivity index (χ0v) is 14.0. The summed E-state index contributed by atoms with van der Waals surface area (Å²) >= 11 is 5.92. The van der Waals surface area contributed by atoms with E-state index in [-0.39, 0.29) is 0 Å². The van der Waals surface area contributed by atoms with Crippen molar-refractivity contribution < 1.29 is 4.74 Å². The van der Waals surface area contributed by atoms with Crippen LogP contribution in [-0.4, -0.2) is 19.9 Å². The molecule has 3 aromatic heterocycles. The summed E-state index contributed by atoms with van der Waals surface area (Å²) in [6, 6.07) is 11.3. The lowest BCUT2D eigenvalue weighted by Gasteiger charge is -2.09. The maximum absolute atomic E-state index is 6.02. The molecule has 0 aliphatic heterocycles. The molecule has 0 atom stereocenters. The quantitative estimate of drug-likeness (QED) is 0.512. The normalized spacial score (nSPS) is 10.3. The summed E-state index contributed by atoms with van der Waals surface area (Å²) in [4.78, 5) is 16.9. The summed E-state index contributed by atoms with van der Waals surface area (Å²) in [6.45, 7) is 4.00. The molecule has 1 aromatic carbocycles. The molecule has 4 aromatic rings. The van der Waals surface area contributed by atoms with Crippen molar-refractivity contribution in [2.45, 2.75) is 13.8 Å². The monoisotopic (exact) mass is 338 g/mol. The Bertz CT molecular complexity index is 985. The molecule has 6 heteroatoms. The van der Waals surface area contributed by atoms with Gasteiger partial charge in [0, 0.05) is 23.8 Å². The maximum Gasteiger partial charge on any atom is 0.182 e. The molecule has 0 bridgehead atoms. The van der Waals surface area contributed by atoms with Crippen molar-refractivity contribution >= 4 is 33.7 Å². The summed E-state index contributed by atoms with van der Waals surface area (Å²) < 4.78 is 6.02.